The number of aromatic nitrogens is 1. The smallest absolute Gasteiger partial charge is 0.128 e. The highest BCUT2D eigenvalue weighted by molar-refractivity contribution is 5.57. The molecule has 2 heterocycles. The van der Waals surface area contributed by atoms with E-state index < -0.39 is 0 Å². The predicted molar refractivity (Wildman–Crippen MR) is 94.9 cm³/mol. The Morgan fingerprint density at radius 1 is 1.04 bits per heavy atom. The molecule has 4 heteroatoms. The molecular weight excluding hydrogens is 286 g/mol. The van der Waals surface area contributed by atoms with Gasteiger partial charge in [0, 0.05) is 44.5 Å². The minimum Gasteiger partial charge on any atom is -0.496 e. The second-order valence-corrected chi connectivity index (χ2v) is 5.62. The van der Waals surface area contributed by atoms with Gasteiger partial charge in [0.25, 0.3) is 0 Å². The minimum absolute atomic E-state index is 0.920. The predicted octanol–water partition coefficient (Wildman–Crippen LogP) is 2.93. The topological polar surface area (TPSA) is 28.6 Å². The van der Waals surface area contributed by atoms with Crippen molar-refractivity contribution in [2.45, 2.75) is 0 Å². The van der Waals surface area contributed by atoms with Crippen LogP contribution in [0.15, 0.2) is 54.7 Å². The Kier molecular flexibility index (Phi) is 5.27. The van der Waals surface area contributed by atoms with E-state index in [2.05, 4.69) is 39.1 Å². The monoisotopic (exact) mass is 309 g/mol. The number of pyridine rings is 1. The van der Waals surface area contributed by atoms with Gasteiger partial charge in [0.1, 0.15) is 11.6 Å². The van der Waals surface area contributed by atoms with E-state index in [1.165, 1.54) is 0 Å². The highest BCUT2D eigenvalue weighted by atomic mass is 16.5. The number of nitrogens with zero attached hydrogens (tertiary/aromatic N) is 3. The molecule has 0 aliphatic carbocycles. The Balaban J connectivity index is 1.50. The second kappa shape index (κ2) is 7.79. The standard InChI is InChI=1S/C19H23N3O/c1-23-18-9-3-2-7-17(18)8-6-12-21-13-15-22(16-14-21)19-10-4-5-11-20-19/h2-11H,12-16H2,1H3/b8-6+. The van der Waals surface area contributed by atoms with Crippen LogP contribution in [0.5, 0.6) is 5.75 Å². The first-order valence-electron chi connectivity index (χ1n) is 8.05. The van der Waals surface area contributed by atoms with Crippen molar-refractivity contribution in [3.8, 4) is 5.75 Å². The Hall–Kier alpha value is -2.33. The van der Waals surface area contributed by atoms with Crippen LogP contribution in [-0.2, 0) is 0 Å². The van der Waals surface area contributed by atoms with Crippen LogP contribution in [0.4, 0.5) is 5.82 Å². The quantitative estimate of drug-likeness (QED) is 0.849. The molecular formula is C19H23N3O. The lowest BCUT2D eigenvalue weighted by molar-refractivity contribution is 0.283. The van der Waals surface area contributed by atoms with Gasteiger partial charge in [-0.3, -0.25) is 4.90 Å². The molecule has 0 spiro atoms. The number of hydrogen-bond acceptors (Lipinski definition) is 4. The highest BCUT2D eigenvalue weighted by Gasteiger charge is 2.16. The van der Waals surface area contributed by atoms with Crippen molar-refractivity contribution in [2.75, 3.05) is 44.7 Å². The average Bonchev–Trinajstić information content (AvgIpc) is 2.63. The van der Waals surface area contributed by atoms with Gasteiger partial charge in [0.05, 0.1) is 7.11 Å². The maximum Gasteiger partial charge on any atom is 0.128 e. The highest BCUT2D eigenvalue weighted by Crippen LogP contribution is 2.18. The van der Waals surface area contributed by atoms with Crippen LogP contribution >= 0.6 is 0 Å². The van der Waals surface area contributed by atoms with E-state index in [4.69, 9.17) is 4.74 Å². The maximum atomic E-state index is 5.37. The van der Waals surface area contributed by atoms with Crippen molar-refractivity contribution < 1.29 is 4.74 Å². The molecule has 2 aromatic rings. The van der Waals surface area contributed by atoms with Crippen molar-refractivity contribution >= 4 is 11.9 Å². The Morgan fingerprint density at radius 3 is 2.57 bits per heavy atom. The van der Waals surface area contributed by atoms with Gasteiger partial charge in [-0.25, -0.2) is 4.98 Å². The second-order valence-electron chi connectivity index (χ2n) is 5.62. The number of hydrogen-bond donors (Lipinski definition) is 0. The molecule has 0 saturated carbocycles. The zero-order valence-corrected chi connectivity index (χ0v) is 13.6. The summed E-state index contributed by atoms with van der Waals surface area (Å²) in [5, 5.41) is 0. The summed E-state index contributed by atoms with van der Waals surface area (Å²) >= 11 is 0. The SMILES string of the molecule is COc1ccccc1/C=C/CN1CCN(c2ccccn2)CC1. The summed E-state index contributed by atoms with van der Waals surface area (Å²) in [5.41, 5.74) is 1.13. The molecule has 1 aliphatic heterocycles. The molecule has 1 aliphatic rings. The van der Waals surface area contributed by atoms with E-state index in [0.717, 1.165) is 49.9 Å². The normalized spacial score (nSPS) is 16.0. The number of methoxy groups -OCH3 is 1. The van der Waals surface area contributed by atoms with Gasteiger partial charge >= 0.3 is 0 Å². The lowest BCUT2D eigenvalue weighted by Crippen LogP contribution is -2.46. The zero-order valence-electron chi connectivity index (χ0n) is 13.6. The van der Waals surface area contributed by atoms with Gasteiger partial charge in [-0.05, 0) is 18.2 Å². The van der Waals surface area contributed by atoms with Crippen molar-refractivity contribution in [3.63, 3.8) is 0 Å². The van der Waals surface area contributed by atoms with Gasteiger partial charge in [0.2, 0.25) is 0 Å². The minimum atomic E-state index is 0.920. The summed E-state index contributed by atoms with van der Waals surface area (Å²) in [5.74, 6) is 2.00. The van der Waals surface area contributed by atoms with E-state index in [-0.39, 0.29) is 0 Å². The molecule has 4 nitrogen and oxygen atoms in total. The summed E-state index contributed by atoms with van der Waals surface area (Å²) < 4.78 is 5.37. The molecule has 1 fully saturated rings. The van der Waals surface area contributed by atoms with Gasteiger partial charge in [-0.2, -0.15) is 0 Å². The lowest BCUT2D eigenvalue weighted by Gasteiger charge is -2.34. The third-order valence-corrected chi connectivity index (χ3v) is 4.15. The number of rotatable bonds is 5. The van der Waals surface area contributed by atoms with Gasteiger partial charge < -0.3 is 9.64 Å². The third kappa shape index (κ3) is 4.11. The van der Waals surface area contributed by atoms with Crippen LogP contribution in [-0.4, -0.2) is 49.7 Å². The first-order valence-corrected chi connectivity index (χ1v) is 8.05. The number of ether oxygens (including phenoxy) is 1. The number of para-hydroxylation sites is 1. The fraction of sp³-hybridized carbons (Fsp3) is 0.316. The van der Waals surface area contributed by atoms with Crippen LogP contribution in [0.25, 0.3) is 6.08 Å². The molecule has 0 unspecified atom stereocenters. The van der Waals surface area contributed by atoms with Crippen LogP contribution < -0.4 is 9.64 Å². The molecule has 0 N–H and O–H groups in total. The Labute approximate surface area is 138 Å². The molecule has 0 bridgehead atoms. The van der Waals surface area contributed by atoms with Gasteiger partial charge in [-0.1, -0.05) is 36.4 Å². The molecule has 23 heavy (non-hydrogen) atoms. The molecule has 0 atom stereocenters. The first kappa shape index (κ1) is 15.6. The molecule has 1 aromatic heterocycles. The van der Waals surface area contributed by atoms with Crippen LogP contribution in [0.2, 0.25) is 0 Å². The van der Waals surface area contributed by atoms with E-state index in [0.29, 0.717) is 0 Å². The number of benzene rings is 1. The molecule has 0 amide bonds. The fourth-order valence-electron chi connectivity index (χ4n) is 2.83. The molecule has 1 saturated heterocycles. The van der Waals surface area contributed by atoms with Crippen molar-refractivity contribution in [1.82, 2.24) is 9.88 Å². The summed E-state index contributed by atoms with van der Waals surface area (Å²) in [7, 11) is 1.71. The Bertz CT molecular complexity index is 634. The number of anilines is 1. The zero-order chi connectivity index (χ0) is 15.9. The molecule has 1 aromatic carbocycles. The van der Waals surface area contributed by atoms with E-state index >= 15 is 0 Å². The van der Waals surface area contributed by atoms with Crippen molar-refractivity contribution in [2.24, 2.45) is 0 Å². The molecule has 3 rings (SSSR count). The van der Waals surface area contributed by atoms with E-state index in [1.807, 2.05) is 36.5 Å². The van der Waals surface area contributed by atoms with Gasteiger partial charge in [-0.15, -0.1) is 0 Å². The van der Waals surface area contributed by atoms with Crippen molar-refractivity contribution in [1.29, 1.82) is 0 Å². The summed E-state index contributed by atoms with van der Waals surface area (Å²) in [6.45, 7) is 5.15. The summed E-state index contributed by atoms with van der Waals surface area (Å²) in [6.07, 6.45) is 6.22. The fourth-order valence-corrected chi connectivity index (χ4v) is 2.83. The summed E-state index contributed by atoms with van der Waals surface area (Å²) in [4.78, 5) is 9.24. The van der Waals surface area contributed by atoms with E-state index in [9.17, 15) is 0 Å². The lowest BCUT2D eigenvalue weighted by atomic mass is 10.2. The molecule has 0 radical (unpaired) electrons. The van der Waals surface area contributed by atoms with Crippen LogP contribution in [0, 0.1) is 0 Å². The largest absolute Gasteiger partial charge is 0.496 e. The van der Waals surface area contributed by atoms with Crippen LogP contribution in [0.1, 0.15) is 5.56 Å². The average molecular weight is 309 g/mol. The van der Waals surface area contributed by atoms with Gasteiger partial charge in [0.15, 0.2) is 0 Å². The molecule has 120 valence electrons. The third-order valence-electron chi connectivity index (χ3n) is 4.15. The maximum absolute atomic E-state index is 5.37. The summed E-state index contributed by atoms with van der Waals surface area (Å²) in [6, 6.07) is 14.2. The number of piperazine rings is 1. The van der Waals surface area contributed by atoms with Crippen molar-refractivity contribution in [3.05, 3.63) is 60.3 Å². The van der Waals surface area contributed by atoms with Crippen LogP contribution in [0.3, 0.4) is 0 Å². The van der Waals surface area contributed by atoms with E-state index in [1.54, 1.807) is 7.11 Å². The first-order chi connectivity index (χ1) is 11.4. The Morgan fingerprint density at radius 2 is 1.83 bits per heavy atom.